The molecule has 1 aromatic carbocycles. The molecule has 0 bridgehead atoms. The van der Waals surface area contributed by atoms with E-state index < -0.39 is 17.1 Å². The molecule has 1 aromatic heterocycles. The highest BCUT2D eigenvalue weighted by atomic mass is 16.3. The Balaban J connectivity index is 2.37. The van der Waals surface area contributed by atoms with Crippen molar-refractivity contribution in [3.05, 3.63) is 67.4 Å². The molecule has 3 rings (SSSR count). The summed E-state index contributed by atoms with van der Waals surface area (Å²) in [6.45, 7) is 1.62. The summed E-state index contributed by atoms with van der Waals surface area (Å²) in [6, 6.07) is 9.08. The van der Waals surface area contributed by atoms with Crippen molar-refractivity contribution in [2.75, 3.05) is 0 Å². The molecule has 0 unspecified atom stereocenters. The zero-order chi connectivity index (χ0) is 15.9. The molecule has 108 valence electrons. The third-order valence-electron chi connectivity index (χ3n) is 3.34. The largest absolute Gasteiger partial charge is 0.494 e. The molecule has 0 aliphatic carbocycles. The Morgan fingerprint density at radius 3 is 2.55 bits per heavy atom. The van der Waals surface area contributed by atoms with Crippen molar-refractivity contribution in [1.29, 1.82) is 5.26 Å². The van der Waals surface area contributed by atoms with Crippen molar-refractivity contribution in [1.82, 2.24) is 9.97 Å². The maximum Gasteiger partial charge on any atom is 0.328 e. The maximum atomic E-state index is 12.0. The van der Waals surface area contributed by atoms with Gasteiger partial charge in [0.15, 0.2) is 0 Å². The quantitative estimate of drug-likeness (QED) is 0.675. The first-order chi connectivity index (χ1) is 10.5. The molecule has 1 aliphatic heterocycles. The van der Waals surface area contributed by atoms with Crippen LogP contribution >= 0.6 is 0 Å². The first kappa shape index (κ1) is 13.6. The number of hydrogen-bond donors (Lipinski definition) is 3. The van der Waals surface area contributed by atoms with Crippen LogP contribution in [0.4, 0.5) is 0 Å². The summed E-state index contributed by atoms with van der Waals surface area (Å²) < 4.78 is 0. The topological polar surface area (TPSA) is 122 Å². The molecule has 0 atom stereocenters. The molecule has 0 saturated heterocycles. The average Bonchev–Trinajstić information content (AvgIpc) is 2.85. The standard InChI is InChI=1S/C15H10N4O3/c1-7(6-16)11-8-4-2-3-5-9(8)12(17-11)10-13(20)18-15(22)19-14(10)21/h2-5H,1H3,(H3,18,19,20,21,22)/b11-7-. The Labute approximate surface area is 123 Å². The lowest BCUT2D eigenvalue weighted by Crippen LogP contribution is -2.27. The summed E-state index contributed by atoms with van der Waals surface area (Å²) in [5.74, 6) is -0.557. The molecular formula is C15H10N4O3. The normalized spacial score (nSPS) is 15.0. The molecule has 3 N–H and O–H groups in total. The predicted octanol–water partition coefficient (Wildman–Crippen LogP) is 0.874. The van der Waals surface area contributed by atoms with E-state index in [1.165, 1.54) is 0 Å². The molecular weight excluding hydrogens is 284 g/mol. The second-order valence-corrected chi connectivity index (χ2v) is 4.72. The molecule has 0 amide bonds. The second kappa shape index (κ2) is 4.86. The van der Waals surface area contributed by atoms with Crippen LogP contribution in [-0.4, -0.2) is 20.8 Å². The number of rotatable bonds is 1. The first-order valence-electron chi connectivity index (χ1n) is 6.38. The van der Waals surface area contributed by atoms with E-state index in [4.69, 9.17) is 5.26 Å². The van der Waals surface area contributed by atoms with Crippen LogP contribution in [0.1, 0.15) is 23.6 Å². The van der Waals surface area contributed by atoms with Crippen molar-refractivity contribution < 1.29 is 5.11 Å². The Bertz CT molecular complexity index is 1000. The van der Waals surface area contributed by atoms with Crippen molar-refractivity contribution in [3.8, 4) is 11.9 Å². The number of hydrogen-bond acceptors (Lipinski definition) is 5. The van der Waals surface area contributed by atoms with Crippen LogP contribution in [0.25, 0.3) is 5.70 Å². The van der Waals surface area contributed by atoms with E-state index in [2.05, 4.69) is 15.0 Å². The van der Waals surface area contributed by atoms with Gasteiger partial charge in [-0.25, -0.2) is 9.79 Å². The number of fused-ring (bicyclic) bond motifs is 1. The highest BCUT2D eigenvalue weighted by Gasteiger charge is 2.27. The predicted molar refractivity (Wildman–Crippen MR) is 79.6 cm³/mol. The minimum atomic E-state index is -0.804. The number of allylic oxidation sites excluding steroid dienone is 1. The maximum absolute atomic E-state index is 12.0. The number of aromatic amines is 2. The number of nitrogens with zero attached hydrogens (tertiary/aromatic N) is 2. The van der Waals surface area contributed by atoms with Gasteiger partial charge in [-0.1, -0.05) is 24.3 Å². The third-order valence-corrected chi connectivity index (χ3v) is 3.34. The van der Waals surface area contributed by atoms with Crippen LogP contribution < -0.4 is 11.2 Å². The molecule has 22 heavy (non-hydrogen) atoms. The number of aromatic hydroxyl groups is 1. The molecule has 0 radical (unpaired) electrons. The molecule has 0 fully saturated rings. The van der Waals surface area contributed by atoms with Gasteiger partial charge in [-0.2, -0.15) is 5.26 Å². The van der Waals surface area contributed by atoms with Gasteiger partial charge < -0.3 is 5.11 Å². The number of benzene rings is 1. The first-order valence-corrected chi connectivity index (χ1v) is 6.38. The van der Waals surface area contributed by atoms with E-state index in [9.17, 15) is 14.7 Å². The van der Waals surface area contributed by atoms with Gasteiger partial charge in [0.25, 0.3) is 5.56 Å². The van der Waals surface area contributed by atoms with E-state index in [1.54, 1.807) is 31.2 Å². The van der Waals surface area contributed by atoms with Crippen molar-refractivity contribution in [2.45, 2.75) is 6.92 Å². The summed E-state index contributed by atoms with van der Waals surface area (Å²) in [5, 5.41) is 19.0. The van der Waals surface area contributed by atoms with E-state index >= 15 is 0 Å². The molecule has 7 heteroatoms. The fourth-order valence-corrected chi connectivity index (χ4v) is 2.35. The number of nitriles is 1. The summed E-state index contributed by atoms with van der Waals surface area (Å²) in [4.78, 5) is 31.7. The Morgan fingerprint density at radius 1 is 1.23 bits per heavy atom. The van der Waals surface area contributed by atoms with Crippen LogP contribution in [0.2, 0.25) is 0 Å². The lowest BCUT2D eigenvalue weighted by molar-refractivity contribution is 0.447. The van der Waals surface area contributed by atoms with Gasteiger partial charge in [-0.05, 0) is 6.92 Å². The SMILES string of the molecule is C/C(C#N)=C1/N=C(c2c(O)[nH]c(=O)[nH]c2=O)c2ccccc21. The molecule has 2 heterocycles. The van der Waals surface area contributed by atoms with Crippen molar-refractivity contribution in [3.63, 3.8) is 0 Å². The lowest BCUT2D eigenvalue weighted by Gasteiger charge is -2.03. The van der Waals surface area contributed by atoms with E-state index in [0.717, 1.165) is 0 Å². The van der Waals surface area contributed by atoms with Gasteiger partial charge in [-0.3, -0.25) is 14.8 Å². The molecule has 0 spiro atoms. The molecule has 2 aromatic rings. The molecule has 1 aliphatic rings. The van der Waals surface area contributed by atoms with Crippen LogP contribution in [0.3, 0.4) is 0 Å². The van der Waals surface area contributed by atoms with Crippen LogP contribution in [-0.2, 0) is 0 Å². The number of aliphatic imine (C=N–C) groups is 1. The highest BCUT2D eigenvalue weighted by molar-refractivity contribution is 6.21. The van der Waals surface area contributed by atoms with Crippen LogP contribution in [0.15, 0.2) is 44.4 Å². The van der Waals surface area contributed by atoms with E-state index in [-0.39, 0.29) is 11.3 Å². The second-order valence-electron chi connectivity index (χ2n) is 4.72. The Hall–Kier alpha value is -3.40. The monoisotopic (exact) mass is 294 g/mol. The van der Waals surface area contributed by atoms with Crippen LogP contribution in [0, 0.1) is 11.3 Å². The van der Waals surface area contributed by atoms with Gasteiger partial charge in [0.1, 0.15) is 5.56 Å². The summed E-state index contributed by atoms with van der Waals surface area (Å²) in [6.07, 6.45) is 0. The number of H-pyrrole nitrogens is 2. The summed E-state index contributed by atoms with van der Waals surface area (Å²) in [5.41, 5.74) is 0.679. The fraction of sp³-hybridized carbons (Fsp3) is 0.0667. The van der Waals surface area contributed by atoms with E-state index in [0.29, 0.717) is 22.4 Å². The number of aromatic nitrogens is 2. The molecule has 7 nitrogen and oxygen atoms in total. The minimum absolute atomic E-state index is 0.132. The Morgan fingerprint density at radius 2 is 1.91 bits per heavy atom. The zero-order valence-corrected chi connectivity index (χ0v) is 11.5. The highest BCUT2D eigenvalue weighted by Crippen LogP contribution is 2.33. The zero-order valence-electron chi connectivity index (χ0n) is 11.5. The average molecular weight is 294 g/mol. The van der Waals surface area contributed by atoms with E-state index in [1.807, 2.05) is 6.07 Å². The molecule has 0 saturated carbocycles. The van der Waals surface area contributed by atoms with Gasteiger partial charge >= 0.3 is 5.69 Å². The van der Waals surface area contributed by atoms with Crippen molar-refractivity contribution >= 4 is 11.4 Å². The number of nitrogens with one attached hydrogen (secondary N) is 2. The minimum Gasteiger partial charge on any atom is -0.494 e. The summed E-state index contributed by atoms with van der Waals surface area (Å²) >= 11 is 0. The van der Waals surface area contributed by atoms with Gasteiger partial charge in [0.2, 0.25) is 5.88 Å². The van der Waals surface area contributed by atoms with Gasteiger partial charge in [0, 0.05) is 11.1 Å². The smallest absolute Gasteiger partial charge is 0.328 e. The van der Waals surface area contributed by atoms with Crippen molar-refractivity contribution in [2.24, 2.45) is 4.99 Å². The van der Waals surface area contributed by atoms with Crippen LogP contribution in [0.5, 0.6) is 5.88 Å². The van der Waals surface area contributed by atoms with Gasteiger partial charge in [-0.15, -0.1) is 0 Å². The fourth-order valence-electron chi connectivity index (χ4n) is 2.35. The Kier molecular flexibility index (Phi) is 3.00. The van der Waals surface area contributed by atoms with Gasteiger partial charge in [0.05, 0.1) is 23.1 Å². The summed E-state index contributed by atoms with van der Waals surface area (Å²) in [7, 11) is 0. The lowest BCUT2D eigenvalue weighted by atomic mass is 9.99. The third kappa shape index (κ3) is 1.94.